The van der Waals surface area contributed by atoms with Crippen LogP contribution in [0, 0.1) is 25.2 Å². The van der Waals surface area contributed by atoms with Crippen LogP contribution in [-0.4, -0.2) is 36.9 Å². The normalized spacial score (nSPS) is 18.0. The maximum Gasteiger partial charge on any atom is 0.243 e. The van der Waals surface area contributed by atoms with E-state index >= 15 is 0 Å². The third-order valence-corrected chi connectivity index (χ3v) is 6.30. The van der Waals surface area contributed by atoms with Crippen LogP contribution in [0.4, 0.5) is 0 Å². The topological polar surface area (TPSA) is 83.3 Å². The molecule has 1 saturated heterocycles. The van der Waals surface area contributed by atoms with Gasteiger partial charge >= 0.3 is 0 Å². The lowest BCUT2D eigenvalue weighted by Crippen LogP contribution is -2.31. The first-order valence-electron chi connectivity index (χ1n) is 8.01. The van der Waals surface area contributed by atoms with Gasteiger partial charge in [-0.15, -0.1) is 0 Å². The SMILES string of the molecule is Cc1ccc(C#N)cc1S(=O)(=O)N1CC[C@H](Oc2cccnc2C)C1. The quantitative estimate of drug-likeness (QED) is 0.839. The molecule has 0 radical (unpaired) electrons. The van der Waals surface area contributed by atoms with E-state index in [0.717, 1.165) is 5.69 Å². The minimum Gasteiger partial charge on any atom is -0.487 e. The largest absolute Gasteiger partial charge is 0.487 e. The average molecular weight is 357 g/mol. The van der Waals surface area contributed by atoms with Crippen molar-refractivity contribution in [2.75, 3.05) is 13.1 Å². The number of sulfonamides is 1. The standard InChI is InChI=1S/C18H19N3O3S/c1-13-5-6-15(11-19)10-18(13)25(22,23)21-9-7-16(12-21)24-17-4-3-8-20-14(17)2/h3-6,8,10,16H,7,9,12H2,1-2H3/t16-/m0/s1. The molecule has 1 aliphatic heterocycles. The van der Waals surface area contributed by atoms with Gasteiger partial charge in [0.15, 0.2) is 0 Å². The van der Waals surface area contributed by atoms with Gasteiger partial charge in [-0.1, -0.05) is 6.07 Å². The van der Waals surface area contributed by atoms with Gasteiger partial charge in [0.2, 0.25) is 10.0 Å². The summed E-state index contributed by atoms with van der Waals surface area (Å²) in [7, 11) is -3.65. The van der Waals surface area contributed by atoms with Crippen molar-refractivity contribution in [3.05, 3.63) is 53.3 Å². The molecule has 3 rings (SSSR count). The van der Waals surface area contributed by atoms with Gasteiger partial charge in [-0.3, -0.25) is 4.98 Å². The monoisotopic (exact) mass is 357 g/mol. The number of aromatic nitrogens is 1. The zero-order valence-corrected chi connectivity index (χ0v) is 15.0. The van der Waals surface area contributed by atoms with Crippen molar-refractivity contribution in [2.24, 2.45) is 0 Å². The van der Waals surface area contributed by atoms with Crippen LogP contribution in [0.1, 0.15) is 23.2 Å². The Kier molecular flexibility index (Phi) is 4.75. The van der Waals surface area contributed by atoms with Gasteiger partial charge in [0.1, 0.15) is 11.9 Å². The third kappa shape index (κ3) is 3.50. The molecule has 1 fully saturated rings. The van der Waals surface area contributed by atoms with Crippen LogP contribution in [0.15, 0.2) is 41.4 Å². The molecule has 1 aromatic heterocycles. The fraction of sp³-hybridized carbons (Fsp3) is 0.333. The fourth-order valence-corrected chi connectivity index (χ4v) is 4.61. The molecule has 2 heterocycles. The smallest absolute Gasteiger partial charge is 0.243 e. The second-order valence-corrected chi connectivity index (χ2v) is 7.98. The van der Waals surface area contributed by atoms with Crippen LogP contribution in [0.5, 0.6) is 5.75 Å². The minimum absolute atomic E-state index is 0.185. The summed E-state index contributed by atoms with van der Waals surface area (Å²) in [5.74, 6) is 0.675. The molecule has 1 aliphatic rings. The Morgan fingerprint density at radius 3 is 2.84 bits per heavy atom. The highest BCUT2D eigenvalue weighted by atomic mass is 32.2. The van der Waals surface area contributed by atoms with Crippen molar-refractivity contribution in [3.8, 4) is 11.8 Å². The lowest BCUT2D eigenvalue weighted by Gasteiger charge is -2.19. The molecule has 0 unspecified atom stereocenters. The summed E-state index contributed by atoms with van der Waals surface area (Å²) in [6, 6.07) is 10.3. The number of aryl methyl sites for hydroxylation is 2. The van der Waals surface area contributed by atoms with E-state index in [0.29, 0.717) is 29.8 Å². The number of ether oxygens (including phenoxy) is 1. The Labute approximate surface area is 147 Å². The molecule has 6 nitrogen and oxygen atoms in total. The van der Waals surface area contributed by atoms with E-state index in [1.54, 1.807) is 31.3 Å². The molecule has 130 valence electrons. The van der Waals surface area contributed by atoms with E-state index in [-0.39, 0.29) is 17.5 Å². The zero-order chi connectivity index (χ0) is 18.0. The molecule has 0 N–H and O–H groups in total. The molecule has 0 spiro atoms. The minimum atomic E-state index is -3.65. The van der Waals surface area contributed by atoms with E-state index in [1.807, 2.05) is 19.1 Å². The second-order valence-electron chi connectivity index (χ2n) is 6.07. The molecule has 7 heteroatoms. The first-order valence-corrected chi connectivity index (χ1v) is 9.45. The third-order valence-electron chi connectivity index (χ3n) is 4.29. The Balaban J connectivity index is 1.79. The maximum atomic E-state index is 12.9. The predicted octanol–water partition coefficient (Wildman–Crippen LogP) is 2.41. The number of rotatable bonds is 4. The molecule has 0 aliphatic carbocycles. The highest BCUT2D eigenvalue weighted by Gasteiger charge is 2.34. The number of nitrogens with zero attached hydrogens (tertiary/aromatic N) is 3. The molecular weight excluding hydrogens is 338 g/mol. The van der Waals surface area contributed by atoms with Crippen molar-refractivity contribution < 1.29 is 13.2 Å². The summed E-state index contributed by atoms with van der Waals surface area (Å²) in [5, 5.41) is 9.03. The van der Waals surface area contributed by atoms with E-state index in [4.69, 9.17) is 10.00 Å². The Bertz CT molecular complexity index is 935. The van der Waals surface area contributed by atoms with Crippen LogP contribution in [0.25, 0.3) is 0 Å². The van der Waals surface area contributed by atoms with Gasteiger partial charge < -0.3 is 4.74 Å². The first-order chi connectivity index (χ1) is 11.9. The summed E-state index contributed by atoms with van der Waals surface area (Å²) >= 11 is 0. The highest BCUT2D eigenvalue weighted by molar-refractivity contribution is 7.89. The first kappa shape index (κ1) is 17.4. The van der Waals surface area contributed by atoms with E-state index in [1.165, 1.54) is 10.4 Å². The van der Waals surface area contributed by atoms with Crippen molar-refractivity contribution in [1.82, 2.24) is 9.29 Å². The molecule has 0 bridgehead atoms. The molecule has 1 aromatic carbocycles. The zero-order valence-electron chi connectivity index (χ0n) is 14.1. The summed E-state index contributed by atoms with van der Waals surface area (Å²) in [5.41, 5.74) is 1.75. The molecule has 0 saturated carbocycles. The van der Waals surface area contributed by atoms with Gasteiger partial charge in [0.05, 0.1) is 28.8 Å². The fourth-order valence-electron chi connectivity index (χ4n) is 2.87. The van der Waals surface area contributed by atoms with E-state index in [9.17, 15) is 8.42 Å². The van der Waals surface area contributed by atoms with Crippen molar-refractivity contribution >= 4 is 10.0 Å². The van der Waals surface area contributed by atoms with E-state index < -0.39 is 10.0 Å². The van der Waals surface area contributed by atoms with Crippen LogP contribution >= 0.6 is 0 Å². The Morgan fingerprint density at radius 2 is 2.12 bits per heavy atom. The molecular formula is C18H19N3O3S. The maximum absolute atomic E-state index is 12.9. The van der Waals surface area contributed by atoms with Crippen LogP contribution in [-0.2, 0) is 10.0 Å². The molecule has 1 atom stereocenters. The lowest BCUT2D eigenvalue weighted by molar-refractivity contribution is 0.213. The van der Waals surface area contributed by atoms with E-state index in [2.05, 4.69) is 4.98 Å². The predicted molar refractivity (Wildman–Crippen MR) is 92.7 cm³/mol. The summed E-state index contributed by atoms with van der Waals surface area (Å²) in [6.45, 7) is 4.27. The number of benzene rings is 1. The van der Waals surface area contributed by atoms with Crippen molar-refractivity contribution in [2.45, 2.75) is 31.3 Å². The number of hydrogen-bond acceptors (Lipinski definition) is 5. The number of hydrogen-bond donors (Lipinski definition) is 0. The van der Waals surface area contributed by atoms with Gasteiger partial charge in [-0.25, -0.2) is 8.42 Å². The Hall–Kier alpha value is -2.43. The van der Waals surface area contributed by atoms with Crippen LogP contribution < -0.4 is 4.74 Å². The summed E-state index contributed by atoms with van der Waals surface area (Å²) < 4.78 is 33.2. The van der Waals surface area contributed by atoms with Crippen LogP contribution in [0.2, 0.25) is 0 Å². The number of nitriles is 1. The van der Waals surface area contributed by atoms with Gasteiger partial charge in [-0.2, -0.15) is 9.57 Å². The molecule has 25 heavy (non-hydrogen) atoms. The number of pyridine rings is 1. The van der Waals surface area contributed by atoms with Gasteiger partial charge in [-0.05, 0) is 50.1 Å². The van der Waals surface area contributed by atoms with Crippen molar-refractivity contribution in [3.63, 3.8) is 0 Å². The van der Waals surface area contributed by atoms with Gasteiger partial charge in [0, 0.05) is 12.7 Å². The average Bonchev–Trinajstić information content (AvgIpc) is 3.07. The molecule has 2 aromatic rings. The van der Waals surface area contributed by atoms with Gasteiger partial charge in [0.25, 0.3) is 0 Å². The summed E-state index contributed by atoms with van der Waals surface area (Å²) in [4.78, 5) is 4.36. The lowest BCUT2D eigenvalue weighted by atomic mass is 10.2. The van der Waals surface area contributed by atoms with Crippen molar-refractivity contribution in [1.29, 1.82) is 5.26 Å². The second kappa shape index (κ2) is 6.82. The molecule has 0 amide bonds. The summed E-state index contributed by atoms with van der Waals surface area (Å²) in [6.07, 6.45) is 2.10. The Morgan fingerprint density at radius 1 is 1.32 bits per heavy atom. The highest BCUT2D eigenvalue weighted by Crippen LogP contribution is 2.27. The van der Waals surface area contributed by atoms with Crippen LogP contribution in [0.3, 0.4) is 0 Å².